The highest BCUT2D eigenvalue weighted by atomic mass is 19.1. The fraction of sp³-hybridized carbons (Fsp3) is 0.500. The smallest absolute Gasteiger partial charge is 0.123 e. The van der Waals surface area contributed by atoms with Crippen LogP contribution in [0.25, 0.3) is 0 Å². The summed E-state index contributed by atoms with van der Waals surface area (Å²) in [6.45, 7) is 0. The lowest BCUT2D eigenvalue weighted by molar-refractivity contribution is 0.443. The van der Waals surface area contributed by atoms with Gasteiger partial charge in [0, 0.05) is 0 Å². The molecule has 0 nitrogen and oxygen atoms in total. The molecule has 0 bridgehead atoms. The van der Waals surface area contributed by atoms with Crippen molar-refractivity contribution in [1.29, 1.82) is 0 Å². The van der Waals surface area contributed by atoms with E-state index in [4.69, 9.17) is 0 Å². The minimum absolute atomic E-state index is 0.181. The Labute approximate surface area is 78.8 Å². The van der Waals surface area contributed by atoms with E-state index < -0.39 is 0 Å². The third-order valence-corrected chi connectivity index (χ3v) is 2.84. The molecule has 0 aliphatic heterocycles. The molecule has 1 aromatic carbocycles. The zero-order valence-electron chi connectivity index (χ0n) is 7.72. The van der Waals surface area contributed by atoms with Crippen LogP contribution in [0.15, 0.2) is 18.2 Å². The average molecular weight is 177 g/mol. The quantitative estimate of drug-likeness (QED) is 0.614. The first-order valence-electron chi connectivity index (χ1n) is 5.03. The molecule has 0 saturated heterocycles. The Morgan fingerprint density at radius 1 is 1.15 bits per heavy atom. The molecule has 0 amide bonds. The van der Waals surface area contributed by atoms with Gasteiger partial charge >= 0.3 is 0 Å². The molecule has 13 heavy (non-hydrogen) atoms. The van der Waals surface area contributed by atoms with Gasteiger partial charge in [0.2, 0.25) is 0 Å². The maximum atomic E-state index is 12.6. The first-order valence-corrected chi connectivity index (χ1v) is 5.03. The highest BCUT2D eigenvalue weighted by molar-refractivity contribution is 5.19. The first-order chi connectivity index (χ1) is 6.36. The van der Waals surface area contributed by atoms with Crippen molar-refractivity contribution in [3.63, 3.8) is 0 Å². The van der Waals surface area contributed by atoms with Crippen molar-refractivity contribution in [2.75, 3.05) is 0 Å². The van der Waals surface area contributed by atoms with Crippen LogP contribution < -0.4 is 0 Å². The lowest BCUT2D eigenvalue weighted by atomic mass is 9.84. The number of hydrogen-bond donors (Lipinski definition) is 0. The number of hydrogen-bond acceptors (Lipinski definition) is 0. The second kappa shape index (κ2) is 3.91. The first kappa shape index (κ1) is 8.74. The Balaban J connectivity index is 2.10. The van der Waals surface area contributed by atoms with Crippen molar-refractivity contribution in [2.24, 2.45) is 0 Å². The molecule has 1 saturated carbocycles. The molecule has 0 aromatic heterocycles. The Hall–Kier alpha value is -0.850. The van der Waals surface area contributed by atoms with Gasteiger partial charge in [-0.05, 0) is 42.5 Å². The number of benzene rings is 1. The molecule has 1 aliphatic carbocycles. The van der Waals surface area contributed by atoms with Gasteiger partial charge in [0.05, 0.1) is 0 Å². The van der Waals surface area contributed by atoms with Crippen LogP contribution in [0, 0.1) is 11.9 Å². The van der Waals surface area contributed by atoms with E-state index in [2.05, 4.69) is 6.07 Å². The third-order valence-electron chi connectivity index (χ3n) is 2.84. The zero-order valence-corrected chi connectivity index (χ0v) is 7.72. The molecular weight excluding hydrogens is 163 g/mol. The summed E-state index contributed by atoms with van der Waals surface area (Å²) in [6, 6.07) is 7.90. The molecule has 0 atom stereocenters. The van der Waals surface area contributed by atoms with Gasteiger partial charge in [-0.15, -0.1) is 0 Å². The average Bonchev–Trinajstić information content (AvgIpc) is 2.20. The molecule has 1 heteroatoms. The molecule has 0 unspecified atom stereocenters. The molecule has 1 aromatic rings. The number of halogens is 1. The van der Waals surface area contributed by atoms with E-state index in [-0.39, 0.29) is 5.82 Å². The molecule has 1 radical (unpaired) electrons. The molecule has 0 heterocycles. The lowest BCUT2D eigenvalue weighted by Gasteiger charge is -2.21. The summed E-state index contributed by atoms with van der Waals surface area (Å²) >= 11 is 0. The zero-order chi connectivity index (χ0) is 9.10. The van der Waals surface area contributed by atoms with Gasteiger partial charge in [0.15, 0.2) is 0 Å². The predicted octanol–water partition coefficient (Wildman–Crippen LogP) is 3.67. The van der Waals surface area contributed by atoms with Gasteiger partial charge in [0.25, 0.3) is 0 Å². The number of rotatable bonds is 1. The lowest BCUT2D eigenvalue weighted by Crippen LogP contribution is -2.04. The van der Waals surface area contributed by atoms with Gasteiger partial charge in [-0.25, -0.2) is 4.39 Å². The molecule has 2 rings (SSSR count). The minimum Gasteiger partial charge on any atom is -0.207 e. The van der Waals surface area contributed by atoms with Gasteiger partial charge in [-0.2, -0.15) is 0 Å². The molecular formula is C12H14F. The Morgan fingerprint density at radius 2 is 1.92 bits per heavy atom. The standard InChI is InChI=1S/C12H14F/c13-12-8-6-11(7-9-12)10-4-2-1-3-5-10/h6,8-10H,1-5H2. The fourth-order valence-corrected chi connectivity index (χ4v) is 2.09. The summed E-state index contributed by atoms with van der Waals surface area (Å²) in [5.41, 5.74) is 1.20. The maximum Gasteiger partial charge on any atom is 0.123 e. The van der Waals surface area contributed by atoms with Crippen LogP contribution in [-0.2, 0) is 0 Å². The van der Waals surface area contributed by atoms with E-state index in [9.17, 15) is 4.39 Å². The Morgan fingerprint density at radius 3 is 2.54 bits per heavy atom. The normalized spacial score (nSPS) is 18.8. The minimum atomic E-state index is -0.181. The van der Waals surface area contributed by atoms with Crippen molar-refractivity contribution in [3.8, 4) is 0 Å². The van der Waals surface area contributed by atoms with E-state index in [0.717, 1.165) is 0 Å². The molecule has 0 spiro atoms. The molecule has 1 fully saturated rings. The van der Waals surface area contributed by atoms with Gasteiger partial charge in [-0.3, -0.25) is 0 Å². The van der Waals surface area contributed by atoms with Crippen molar-refractivity contribution >= 4 is 0 Å². The third kappa shape index (κ3) is 2.09. The van der Waals surface area contributed by atoms with E-state index in [0.29, 0.717) is 5.92 Å². The summed E-state index contributed by atoms with van der Waals surface area (Å²) < 4.78 is 12.6. The summed E-state index contributed by atoms with van der Waals surface area (Å²) in [5.74, 6) is 0.453. The van der Waals surface area contributed by atoms with Crippen LogP contribution in [-0.4, -0.2) is 0 Å². The molecule has 1 aliphatic rings. The van der Waals surface area contributed by atoms with E-state index in [1.807, 2.05) is 6.07 Å². The Kier molecular flexibility index (Phi) is 2.62. The van der Waals surface area contributed by atoms with Crippen LogP contribution in [0.5, 0.6) is 0 Å². The molecule has 69 valence electrons. The van der Waals surface area contributed by atoms with Crippen molar-refractivity contribution in [3.05, 3.63) is 35.6 Å². The van der Waals surface area contributed by atoms with E-state index >= 15 is 0 Å². The summed E-state index contributed by atoms with van der Waals surface area (Å²) in [5, 5.41) is 0. The van der Waals surface area contributed by atoms with Crippen LogP contribution in [0.4, 0.5) is 4.39 Å². The highest BCUT2D eigenvalue weighted by Gasteiger charge is 2.15. The van der Waals surface area contributed by atoms with Crippen LogP contribution in [0.3, 0.4) is 0 Å². The monoisotopic (exact) mass is 177 g/mol. The van der Waals surface area contributed by atoms with Gasteiger partial charge in [0.1, 0.15) is 5.82 Å². The molecule has 0 N–H and O–H groups in total. The highest BCUT2D eigenvalue weighted by Crippen LogP contribution is 2.32. The largest absolute Gasteiger partial charge is 0.207 e. The predicted molar refractivity (Wildman–Crippen MR) is 51.1 cm³/mol. The summed E-state index contributed by atoms with van der Waals surface area (Å²) in [4.78, 5) is 0. The van der Waals surface area contributed by atoms with Gasteiger partial charge in [-0.1, -0.05) is 25.3 Å². The van der Waals surface area contributed by atoms with Crippen LogP contribution in [0.2, 0.25) is 0 Å². The Bertz CT molecular complexity index is 257. The van der Waals surface area contributed by atoms with Crippen molar-refractivity contribution in [2.45, 2.75) is 38.0 Å². The van der Waals surface area contributed by atoms with Crippen LogP contribution in [0.1, 0.15) is 43.6 Å². The van der Waals surface area contributed by atoms with Crippen LogP contribution >= 0.6 is 0 Å². The van der Waals surface area contributed by atoms with Crippen molar-refractivity contribution < 1.29 is 4.39 Å². The van der Waals surface area contributed by atoms with E-state index in [1.165, 1.54) is 43.7 Å². The summed E-state index contributed by atoms with van der Waals surface area (Å²) in [7, 11) is 0. The topological polar surface area (TPSA) is 0 Å². The SMILES string of the molecule is Fc1c[c]c(C2CCCCC2)cc1. The second-order valence-corrected chi connectivity index (χ2v) is 3.80. The van der Waals surface area contributed by atoms with Crippen molar-refractivity contribution in [1.82, 2.24) is 0 Å². The second-order valence-electron chi connectivity index (χ2n) is 3.80. The van der Waals surface area contributed by atoms with E-state index in [1.54, 1.807) is 6.07 Å². The fourth-order valence-electron chi connectivity index (χ4n) is 2.09. The maximum absolute atomic E-state index is 12.6. The summed E-state index contributed by atoms with van der Waals surface area (Å²) in [6.07, 6.45) is 6.49. The van der Waals surface area contributed by atoms with Gasteiger partial charge < -0.3 is 0 Å².